The molecule has 8 heterocycles. The third-order valence-electron chi connectivity index (χ3n) is 20.0. The molecule has 570 valence electrons. The van der Waals surface area contributed by atoms with Crippen LogP contribution in [0.15, 0.2) is 179 Å². The van der Waals surface area contributed by atoms with Crippen LogP contribution in [0.3, 0.4) is 0 Å². The van der Waals surface area contributed by atoms with Gasteiger partial charge in [0, 0.05) is 112 Å². The third kappa shape index (κ3) is 17.8. The summed E-state index contributed by atoms with van der Waals surface area (Å²) in [6, 6.07) is 50.7. The Morgan fingerprint density at radius 3 is 1.32 bits per heavy atom. The number of aromatic hydroxyl groups is 2. The van der Waals surface area contributed by atoms with Crippen LogP contribution < -0.4 is 44.7 Å². The summed E-state index contributed by atoms with van der Waals surface area (Å²) >= 11 is 10.2. The van der Waals surface area contributed by atoms with E-state index in [0.29, 0.717) is 53.4 Å². The number of imide groups is 4. The Hall–Kier alpha value is -10.8. The van der Waals surface area contributed by atoms with E-state index in [1.54, 1.807) is 71.2 Å². The molecule has 23 nitrogen and oxygen atoms in total. The molecule has 0 bridgehead atoms. The number of ether oxygens (including phenoxy) is 4. The van der Waals surface area contributed by atoms with E-state index in [1.807, 2.05) is 121 Å². The van der Waals surface area contributed by atoms with Crippen LogP contribution in [0.2, 0.25) is 0 Å². The topological polar surface area (TPSA) is 283 Å². The quantitative estimate of drug-likeness (QED) is 0.0226. The normalized spacial score (nSPS) is 17.1. The van der Waals surface area contributed by atoms with E-state index in [0.717, 1.165) is 191 Å². The van der Waals surface area contributed by atoms with E-state index in [1.165, 1.54) is 0 Å². The van der Waals surface area contributed by atoms with Crippen molar-refractivity contribution in [2.75, 3.05) is 81.9 Å². The lowest BCUT2D eigenvalue weighted by molar-refractivity contribution is -0.137. The molecule has 4 saturated heterocycles. The van der Waals surface area contributed by atoms with Gasteiger partial charge in [0.05, 0.1) is 45.2 Å². The Kier molecular flexibility index (Phi) is 24.3. The summed E-state index contributed by atoms with van der Waals surface area (Å²) < 4.78 is 28.5. The first-order chi connectivity index (χ1) is 53.9. The number of nitrogens with one attached hydrogen (secondary N) is 3. The fourth-order valence-corrected chi connectivity index (χ4v) is 17.0. The van der Waals surface area contributed by atoms with Gasteiger partial charge in [0.15, 0.2) is 11.5 Å². The van der Waals surface area contributed by atoms with Crippen molar-refractivity contribution in [2.24, 2.45) is 0 Å². The fraction of sp³-hybridized carbons (Fsp3) is 0.274. The average molecular weight is 1660 g/mol. The number of benzene rings is 8. The number of carbonyl (C=O) groups is 9. The molecule has 27 heteroatoms. The second-order valence-corrected chi connectivity index (χ2v) is 31.3. The standard InChI is InChI=1S/C42H39BrN4O7S.C25H21BrO4S.C17H18N4O4/c43-27-6-4-26(5-7-27)39-38(33-15-9-29(48)25-36(33)55-39)54-31-12-10-30(11-13-31)53-23-3-1-2-18-45-19-21-46(22-20-45)28-8-14-32-34(24-28)42(52)47(41(32)51)35-16-17-37(49)44-40(35)50;26-18-6-4-17(5-7-18)25-24(22-13-8-19(28)16-23(22)31-25)30-21-11-9-20(10-12-21)29-15-3-1-2-14-27;22-14-4-3-13(15(23)19-14)21-16(24)11-2-1-10(9-12(11)17(21)25)20-7-5-18-6-8-20/h4-15,24-25,35,48H,1-3,16-23H2,(H,44,49,50);4-14,16,28H,1-3,15H2;1-2,9,13,18H,3-8H2,(H,19,22,23). The minimum atomic E-state index is -0.967. The largest absolute Gasteiger partial charge is 0.508 e. The van der Waals surface area contributed by atoms with Gasteiger partial charge in [-0.25, -0.2) is 0 Å². The number of piperidine rings is 2. The van der Waals surface area contributed by atoms with Crippen LogP contribution in [-0.4, -0.2) is 163 Å². The minimum absolute atomic E-state index is 0.0951. The smallest absolute Gasteiger partial charge is 0.262 e. The molecule has 6 aliphatic heterocycles. The molecule has 4 fully saturated rings. The SMILES string of the molecule is O=C1CCC(N2C(=O)c3ccc(N4CCN(CCCCCOc5ccc(Oc6c(-c7ccc(Br)cc7)sc7cc(O)ccc67)cc5)CC4)cc3C2=O)C(=O)N1.O=C1CCC(N2C(=O)c3ccc(N4CCNCC4)cc3C2=O)C(=O)N1.O=CCCCCOc1ccc(Oc2c(-c3ccc(Br)cc3)sc3cc(O)ccc23)cc1. The minimum Gasteiger partial charge on any atom is -0.508 e. The van der Waals surface area contributed by atoms with Crippen molar-refractivity contribution in [2.45, 2.75) is 76.3 Å². The molecule has 0 spiro atoms. The van der Waals surface area contributed by atoms with Gasteiger partial charge in [-0.2, -0.15) is 0 Å². The molecule has 0 aliphatic carbocycles. The van der Waals surface area contributed by atoms with Gasteiger partial charge >= 0.3 is 0 Å². The van der Waals surface area contributed by atoms with Crippen LogP contribution in [0, 0.1) is 0 Å². The van der Waals surface area contributed by atoms with Crippen molar-refractivity contribution in [1.29, 1.82) is 0 Å². The lowest BCUT2D eigenvalue weighted by Crippen LogP contribution is -2.54. The zero-order chi connectivity index (χ0) is 77.2. The molecule has 2 aromatic heterocycles. The molecule has 2 unspecified atom stereocenters. The molecule has 6 aliphatic rings. The Morgan fingerprint density at radius 2 is 0.874 bits per heavy atom. The molecule has 10 aromatic rings. The number of phenols is 2. The molecule has 5 N–H and O–H groups in total. The van der Waals surface area contributed by atoms with Gasteiger partial charge in [0.2, 0.25) is 23.6 Å². The Bertz CT molecular complexity index is 5180. The number of fused-ring (bicyclic) bond motifs is 4. The number of halogens is 2. The maximum absolute atomic E-state index is 13.3. The number of rotatable bonds is 23. The molecule has 16 rings (SSSR count). The van der Waals surface area contributed by atoms with Gasteiger partial charge in [-0.05, 0) is 208 Å². The van der Waals surface area contributed by atoms with Crippen molar-refractivity contribution < 1.29 is 72.3 Å². The predicted molar refractivity (Wildman–Crippen MR) is 431 cm³/mol. The zero-order valence-corrected chi connectivity index (χ0v) is 65.1. The van der Waals surface area contributed by atoms with E-state index in [4.69, 9.17) is 18.9 Å². The monoisotopic (exact) mass is 1660 g/mol. The Morgan fingerprint density at radius 1 is 0.450 bits per heavy atom. The molecule has 2 atom stereocenters. The number of unbranched alkanes of at least 4 members (excludes halogenated alkanes) is 4. The first-order valence-electron chi connectivity index (χ1n) is 36.8. The number of anilines is 2. The van der Waals surface area contributed by atoms with Crippen LogP contribution in [0.4, 0.5) is 11.4 Å². The van der Waals surface area contributed by atoms with Crippen LogP contribution in [0.25, 0.3) is 41.1 Å². The summed E-state index contributed by atoms with van der Waals surface area (Å²) in [5.41, 5.74) is 5.11. The molecule has 0 saturated carbocycles. The highest BCUT2D eigenvalue weighted by Crippen LogP contribution is 2.49. The molecular formula is C84H78Br2N8O15S2. The average Bonchev–Trinajstić information content (AvgIpc) is 1.65. The van der Waals surface area contributed by atoms with Crippen molar-refractivity contribution in [3.05, 3.63) is 201 Å². The summed E-state index contributed by atoms with van der Waals surface area (Å²) in [4.78, 5) is 120. The van der Waals surface area contributed by atoms with Crippen molar-refractivity contribution in [1.82, 2.24) is 30.7 Å². The van der Waals surface area contributed by atoms with Gasteiger partial charge < -0.3 is 49.1 Å². The number of aldehydes is 1. The van der Waals surface area contributed by atoms with E-state index in [9.17, 15) is 53.4 Å². The lowest BCUT2D eigenvalue weighted by atomic mass is 10.0. The zero-order valence-electron chi connectivity index (χ0n) is 60.3. The van der Waals surface area contributed by atoms with Gasteiger partial charge in [-0.15, -0.1) is 22.7 Å². The van der Waals surface area contributed by atoms with Crippen LogP contribution in [0.1, 0.15) is 106 Å². The van der Waals surface area contributed by atoms with E-state index >= 15 is 0 Å². The third-order valence-corrected chi connectivity index (χ3v) is 23.4. The van der Waals surface area contributed by atoms with E-state index in [2.05, 4.69) is 62.5 Å². The second kappa shape index (κ2) is 35.0. The molecule has 111 heavy (non-hydrogen) atoms. The number of piperazine rings is 2. The first kappa shape index (κ1) is 76.9. The van der Waals surface area contributed by atoms with Gasteiger partial charge in [-0.3, -0.25) is 63.7 Å². The second-order valence-electron chi connectivity index (χ2n) is 27.4. The number of phenolic OH excluding ortho intramolecular Hbond substituents is 2. The maximum atomic E-state index is 13.3. The van der Waals surface area contributed by atoms with Crippen molar-refractivity contribution in [3.8, 4) is 66.9 Å². The first-order valence-corrected chi connectivity index (χ1v) is 40.1. The number of hydrogen-bond donors (Lipinski definition) is 5. The number of thiophene rings is 2. The number of hydrogen-bond acceptors (Lipinski definition) is 21. The molecular weight excluding hydrogens is 1580 g/mol. The fourth-order valence-electron chi connectivity index (χ4n) is 14.1. The lowest BCUT2D eigenvalue weighted by Gasteiger charge is -2.36. The highest BCUT2D eigenvalue weighted by atomic mass is 79.9. The van der Waals surface area contributed by atoms with E-state index in [-0.39, 0.29) is 43.1 Å². The van der Waals surface area contributed by atoms with E-state index < -0.39 is 53.4 Å². The number of nitrogens with zero attached hydrogens (tertiary/aromatic N) is 5. The Labute approximate surface area is 664 Å². The number of carbonyl (C=O) groups excluding carboxylic acids is 9. The van der Waals surface area contributed by atoms with Crippen molar-refractivity contribution >= 4 is 140 Å². The summed E-state index contributed by atoms with van der Waals surface area (Å²) in [6.45, 7) is 9.00. The van der Waals surface area contributed by atoms with Gasteiger partial charge in [0.1, 0.15) is 52.9 Å². The van der Waals surface area contributed by atoms with Crippen LogP contribution in [-0.2, 0) is 24.0 Å². The highest BCUT2D eigenvalue weighted by molar-refractivity contribution is 9.10. The maximum Gasteiger partial charge on any atom is 0.262 e. The van der Waals surface area contributed by atoms with Crippen LogP contribution >= 0.6 is 54.5 Å². The van der Waals surface area contributed by atoms with Gasteiger partial charge in [-0.1, -0.05) is 56.1 Å². The van der Waals surface area contributed by atoms with Crippen molar-refractivity contribution in [3.63, 3.8) is 0 Å². The highest BCUT2D eigenvalue weighted by Gasteiger charge is 2.46. The number of amides is 8. The molecule has 0 radical (unpaired) electrons. The molecule has 8 amide bonds. The summed E-state index contributed by atoms with van der Waals surface area (Å²) in [5, 5.41) is 29.6. The Balaban J connectivity index is 0.000000154. The summed E-state index contributed by atoms with van der Waals surface area (Å²) in [6.07, 6.45) is 6.77. The van der Waals surface area contributed by atoms with Gasteiger partial charge in [0.25, 0.3) is 23.6 Å². The predicted octanol–water partition coefficient (Wildman–Crippen LogP) is 14.7. The van der Waals surface area contributed by atoms with Crippen LogP contribution in [0.5, 0.6) is 46.0 Å². The molecule has 8 aromatic carbocycles. The summed E-state index contributed by atoms with van der Waals surface area (Å²) in [7, 11) is 0. The summed E-state index contributed by atoms with van der Waals surface area (Å²) in [5.74, 6) is 1.08.